The first-order valence-corrected chi connectivity index (χ1v) is 5.37. The minimum Gasteiger partial charge on any atom is -0.367 e. The highest BCUT2D eigenvalue weighted by Gasteiger charge is 2.27. The van der Waals surface area contributed by atoms with E-state index in [0.29, 0.717) is 4.99 Å². The van der Waals surface area contributed by atoms with Crippen LogP contribution in [0.25, 0.3) is 0 Å². The van der Waals surface area contributed by atoms with Crippen molar-refractivity contribution in [1.29, 1.82) is 0 Å². The first kappa shape index (κ1) is 9.48. The van der Waals surface area contributed by atoms with Crippen LogP contribution in [0.2, 0.25) is 0 Å². The van der Waals surface area contributed by atoms with Gasteiger partial charge >= 0.3 is 0 Å². The van der Waals surface area contributed by atoms with Gasteiger partial charge in [0.05, 0.1) is 0 Å². The second-order valence-corrected chi connectivity index (χ2v) is 4.30. The van der Waals surface area contributed by atoms with Crippen molar-refractivity contribution >= 4 is 39.9 Å². The molecule has 0 saturated carbocycles. The van der Waals surface area contributed by atoms with Crippen molar-refractivity contribution in [3.8, 4) is 0 Å². The number of thiocarbonyl (C=S) groups is 1. The molecule has 5 heteroatoms. The first-order valence-electron chi connectivity index (χ1n) is 4.09. The van der Waals surface area contributed by atoms with Gasteiger partial charge in [-0.1, -0.05) is 30.4 Å². The Labute approximate surface area is 91.3 Å². The van der Waals surface area contributed by atoms with Crippen LogP contribution in [-0.2, 0) is 0 Å². The van der Waals surface area contributed by atoms with Gasteiger partial charge in [-0.3, -0.25) is 4.79 Å². The predicted molar refractivity (Wildman–Crippen MR) is 62.6 cm³/mol. The summed E-state index contributed by atoms with van der Waals surface area (Å²) in [6, 6.07) is 9.67. The molecule has 1 amide bonds. The van der Waals surface area contributed by atoms with Crippen LogP contribution in [0.1, 0.15) is 0 Å². The van der Waals surface area contributed by atoms with Crippen molar-refractivity contribution in [3.05, 3.63) is 30.3 Å². The summed E-state index contributed by atoms with van der Waals surface area (Å²) < 4.78 is 0. The van der Waals surface area contributed by atoms with Crippen LogP contribution in [0.5, 0.6) is 0 Å². The molecule has 1 aliphatic rings. The lowest BCUT2D eigenvalue weighted by Crippen LogP contribution is -2.27. The van der Waals surface area contributed by atoms with Crippen molar-refractivity contribution in [3.63, 3.8) is 0 Å². The number of benzene rings is 1. The fourth-order valence-electron chi connectivity index (χ4n) is 1.14. The van der Waals surface area contributed by atoms with Gasteiger partial charge in [0.25, 0.3) is 5.24 Å². The third-order valence-electron chi connectivity index (χ3n) is 1.76. The van der Waals surface area contributed by atoms with E-state index in [0.717, 1.165) is 5.69 Å². The van der Waals surface area contributed by atoms with E-state index in [-0.39, 0.29) is 10.6 Å². The summed E-state index contributed by atoms with van der Waals surface area (Å²) in [4.78, 5) is 11.5. The fourth-order valence-corrected chi connectivity index (χ4v) is 2.24. The molecule has 2 N–H and O–H groups in total. The van der Waals surface area contributed by atoms with E-state index in [4.69, 9.17) is 12.2 Å². The lowest BCUT2D eigenvalue weighted by molar-refractivity contribution is 0.265. The predicted octanol–water partition coefficient (Wildman–Crippen LogP) is 2.21. The zero-order chi connectivity index (χ0) is 9.97. The third-order valence-corrected chi connectivity index (χ3v) is 3.15. The summed E-state index contributed by atoms with van der Waals surface area (Å²) in [5.74, 6) is 0. The van der Waals surface area contributed by atoms with Gasteiger partial charge in [-0.05, 0) is 23.9 Å². The summed E-state index contributed by atoms with van der Waals surface area (Å²) >= 11 is 6.17. The second-order valence-electron chi connectivity index (χ2n) is 2.78. The highest BCUT2D eigenvalue weighted by molar-refractivity contribution is 8.16. The monoisotopic (exact) mass is 224 g/mol. The summed E-state index contributed by atoms with van der Waals surface area (Å²) in [6.07, 6.45) is 0. The van der Waals surface area contributed by atoms with Crippen molar-refractivity contribution in [1.82, 2.24) is 5.32 Å². The quantitative estimate of drug-likeness (QED) is 0.756. The molecule has 1 heterocycles. The van der Waals surface area contributed by atoms with Crippen LogP contribution in [-0.4, -0.2) is 15.6 Å². The number of para-hydroxylation sites is 1. The van der Waals surface area contributed by atoms with Crippen LogP contribution in [0.4, 0.5) is 10.5 Å². The van der Waals surface area contributed by atoms with Crippen molar-refractivity contribution < 1.29 is 4.79 Å². The molecule has 1 atom stereocenters. The Morgan fingerprint density at radius 2 is 2.07 bits per heavy atom. The molecule has 72 valence electrons. The zero-order valence-corrected chi connectivity index (χ0v) is 8.82. The molecule has 14 heavy (non-hydrogen) atoms. The molecule has 0 aliphatic carbocycles. The molecule has 3 nitrogen and oxygen atoms in total. The van der Waals surface area contributed by atoms with Crippen LogP contribution in [0.3, 0.4) is 0 Å². The van der Waals surface area contributed by atoms with E-state index >= 15 is 0 Å². The lowest BCUT2D eigenvalue weighted by Gasteiger charge is -2.10. The maximum Gasteiger partial charge on any atom is 0.286 e. The Bertz CT molecular complexity index is 366. The maximum atomic E-state index is 11.0. The highest BCUT2D eigenvalue weighted by atomic mass is 32.2. The van der Waals surface area contributed by atoms with Crippen LogP contribution < -0.4 is 10.6 Å². The number of thioether (sulfide) groups is 1. The Balaban J connectivity index is 2.05. The number of amides is 1. The Kier molecular flexibility index (Phi) is 2.69. The topological polar surface area (TPSA) is 41.1 Å². The normalized spacial score (nSPS) is 20.7. The van der Waals surface area contributed by atoms with Crippen molar-refractivity contribution in [2.24, 2.45) is 0 Å². The Morgan fingerprint density at radius 1 is 1.36 bits per heavy atom. The third kappa shape index (κ3) is 2.05. The average Bonchev–Trinajstić information content (AvgIpc) is 2.47. The number of rotatable bonds is 2. The first-order chi connectivity index (χ1) is 6.75. The molecule has 2 rings (SSSR count). The molecule has 0 aromatic heterocycles. The molecule has 0 radical (unpaired) electrons. The second kappa shape index (κ2) is 3.98. The van der Waals surface area contributed by atoms with Crippen LogP contribution in [0.15, 0.2) is 30.3 Å². The standard InChI is InChI=1S/C9H8N2OS2/c12-9-11-7(13)8(14-9)10-6-4-2-1-3-5-6/h1-5,8,10H,(H,11,12,13)/t8-/m0/s1. The number of nitrogens with one attached hydrogen (secondary N) is 2. The van der Waals surface area contributed by atoms with Gasteiger partial charge in [0.15, 0.2) is 0 Å². The molecule has 0 spiro atoms. The molecule has 1 fully saturated rings. The molecule has 1 aliphatic heterocycles. The van der Waals surface area contributed by atoms with Crippen LogP contribution in [0, 0.1) is 0 Å². The van der Waals surface area contributed by atoms with Gasteiger partial charge < -0.3 is 10.6 Å². The van der Waals surface area contributed by atoms with Crippen molar-refractivity contribution in [2.75, 3.05) is 5.32 Å². The van der Waals surface area contributed by atoms with E-state index in [9.17, 15) is 4.79 Å². The average molecular weight is 224 g/mol. The summed E-state index contributed by atoms with van der Waals surface area (Å²) in [5, 5.41) is 5.51. The minimum absolute atomic E-state index is 0.0940. The molecule has 0 bridgehead atoms. The fraction of sp³-hybridized carbons (Fsp3) is 0.111. The van der Waals surface area contributed by atoms with Gasteiger partial charge in [-0.15, -0.1) is 0 Å². The molecular weight excluding hydrogens is 216 g/mol. The minimum atomic E-state index is -0.139. The van der Waals surface area contributed by atoms with E-state index in [1.165, 1.54) is 11.8 Å². The number of carbonyl (C=O) groups is 1. The highest BCUT2D eigenvalue weighted by Crippen LogP contribution is 2.21. The number of hydrogen-bond donors (Lipinski definition) is 2. The Hall–Kier alpha value is -1.07. The van der Waals surface area contributed by atoms with E-state index in [1.54, 1.807) is 0 Å². The van der Waals surface area contributed by atoms with E-state index in [2.05, 4.69) is 10.6 Å². The van der Waals surface area contributed by atoms with Crippen molar-refractivity contribution in [2.45, 2.75) is 5.37 Å². The number of carbonyl (C=O) groups excluding carboxylic acids is 1. The summed E-state index contributed by atoms with van der Waals surface area (Å²) in [7, 11) is 0. The van der Waals surface area contributed by atoms with Gasteiger partial charge in [-0.2, -0.15) is 0 Å². The van der Waals surface area contributed by atoms with E-state index < -0.39 is 0 Å². The largest absolute Gasteiger partial charge is 0.367 e. The number of hydrogen-bond acceptors (Lipinski definition) is 4. The maximum absolute atomic E-state index is 11.0. The van der Waals surface area contributed by atoms with Crippen LogP contribution >= 0.6 is 24.0 Å². The summed E-state index contributed by atoms with van der Waals surface area (Å²) in [5.41, 5.74) is 0.962. The molecule has 1 aromatic carbocycles. The zero-order valence-electron chi connectivity index (χ0n) is 7.19. The van der Waals surface area contributed by atoms with E-state index in [1.807, 2.05) is 30.3 Å². The Morgan fingerprint density at radius 3 is 2.64 bits per heavy atom. The molecule has 1 saturated heterocycles. The molecule has 1 aromatic rings. The van der Waals surface area contributed by atoms with Gasteiger partial charge in [0.2, 0.25) is 0 Å². The molecular formula is C9H8N2OS2. The van der Waals surface area contributed by atoms with Gasteiger partial charge in [-0.25, -0.2) is 0 Å². The molecule has 0 unspecified atom stereocenters. The number of anilines is 1. The lowest BCUT2D eigenvalue weighted by atomic mass is 10.3. The van der Waals surface area contributed by atoms with Gasteiger partial charge in [0, 0.05) is 5.69 Å². The smallest absolute Gasteiger partial charge is 0.286 e. The summed E-state index contributed by atoms with van der Waals surface area (Å²) in [6.45, 7) is 0. The SMILES string of the molecule is O=C1NC(=S)[C@@H](Nc2ccccc2)S1. The van der Waals surface area contributed by atoms with Gasteiger partial charge in [0.1, 0.15) is 10.4 Å².